The monoisotopic (exact) mass is 232 g/mol. The Kier molecular flexibility index (Phi) is 3.26. The number of ether oxygens (including phenoxy) is 1. The first-order valence-corrected chi connectivity index (χ1v) is 5.49. The van der Waals surface area contributed by atoms with Crippen molar-refractivity contribution in [1.29, 1.82) is 0 Å². The fraction of sp³-hybridized carbons (Fsp3) is 0.308. The highest BCUT2D eigenvalue weighted by Crippen LogP contribution is 2.24. The second-order valence-electron chi connectivity index (χ2n) is 4.43. The highest BCUT2D eigenvalue weighted by molar-refractivity contribution is 5.84. The molecule has 0 fully saturated rings. The topological polar surface area (TPSA) is 68.4 Å². The lowest BCUT2D eigenvalue weighted by Gasteiger charge is -2.22. The summed E-state index contributed by atoms with van der Waals surface area (Å²) in [5.74, 6) is 0.737. The number of aromatic nitrogens is 1. The van der Waals surface area contributed by atoms with Gasteiger partial charge in [0.2, 0.25) is 0 Å². The Morgan fingerprint density at radius 1 is 1.35 bits per heavy atom. The van der Waals surface area contributed by atoms with Crippen LogP contribution in [-0.2, 0) is 0 Å². The van der Waals surface area contributed by atoms with Gasteiger partial charge in [0.05, 0.1) is 17.7 Å². The minimum Gasteiger partial charge on any atom is -0.491 e. The third-order valence-corrected chi connectivity index (χ3v) is 2.52. The molecule has 17 heavy (non-hydrogen) atoms. The number of nitrogens with two attached hydrogens (primary N) is 1. The zero-order valence-corrected chi connectivity index (χ0v) is 9.76. The number of hydrogen-bond acceptors (Lipinski definition) is 4. The van der Waals surface area contributed by atoms with Crippen molar-refractivity contribution < 1.29 is 9.84 Å². The molecule has 4 nitrogen and oxygen atoms in total. The lowest BCUT2D eigenvalue weighted by atomic mass is 10.1. The second-order valence-corrected chi connectivity index (χ2v) is 4.43. The van der Waals surface area contributed by atoms with Crippen molar-refractivity contribution in [3.05, 3.63) is 36.5 Å². The van der Waals surface area contributed by atoms with Crippen LogP contribution in [0, 0.1) is 0 Å². The molecule has 0 saturated carbocycles. The van der Waals surface area contributed by atoms with E-state index in [9.17, 15) is 0 Å². The number of aliphatic hydroxyl groups is 1. The lowest BCUT2D eigenvalue weighted by molar-refractivity contribution is 0.147. The number of pyridine rings is 1. The van der Waals surface area contributed by atoms with Crippen LogP contribution in [0.2, 0.25) is 0 Å². The van der Waals surface area contributed by atoms with Gasteiger partial charge in [0, 0.05) is 11.6 Å². The van der Waals surface area contributed by atoms with E-state index in [-0.39, 0.29) is 13.2 Å². The minimum atomic E-state index is -0.732. The first-order chi connectivity index (χ1) is 8.12. The van der Waals surface area contributed by atoms with E-state index in [4.69, 9.17) is 15.6 Å². The van der Waals surface area contributed by atoms with Crippen LogP contribution in [0.3, 0.4) is 0 Å². The van der Waals surface area contributed by atoms with E-state index >= 15 is 0 Å². The maximum absolute atomic E-state index is 9.07. The van der Waals surface area contributed by atoms with E-state index in [2.05, 4.69) is 4.98 Å². The summed E-state index contributed by atoms with van der Waals surface area (Å²) in [6.45, 7) is 1.89. The molecule has 0 bridgehead atoms. The van der Waals surface area contributed by atoms with Crippen LogP contribution >= 0.6 is 0 Å². The fourth-order valence-electron chi connectivity index (χ4n) is 1.49. The van der Waals surface area contributed by atoms with Gasteiger partial charge in [-0.15, -0.1) is 0 Å². The summed E-state index contributed by atoms with van der Waals surface area (Å²) in [7, 11) is 0. The zero-order valence-electron chi connectivity index (χ0n) is 9.76. The first-order valence-electron chi connectivity index (χ1n) is 5.49. The summed E-state index contributed by atoms with van der Waals surface area (Å²) in [6, 6.07) is 9.50. The van der Waals surface area contributed by atoms with Crippen molar-refractivity contribution in [3.8, 4) is 5.75 Å². The molecule has 1 aromatic carbocycles. The predicted molar refractivity (Wildman–Crippen MR) is 66.9 cm³/mol. The molecule has 3 N–H and O–H groups in total. The van der Waals surface area contributed by atoms with E-state index in [1.54, 1.807) is 13.1 Å². The maximum Gasteiger partial charge on any atom is 0.128 e. The van der Waals surface area contributed by atoms with Crippen LogP contribution in [0.15, 0.2) is 36.5 Å². The van der Waals surface area contributed by atoms with Crippen molar-refractivity contribution in [2.24, 2.45) is 5.73 Å². The summed E-state index contributed by atoms with van der Waals surface area (Å²) in [4.78, 5) is 4.25. The normalized spacial score (nSPS) is 14.5. The average molecular weight is 232 g/mol. The number of rotatable bonds is 4. The molecule has 2 rings (SSSR count). The van der Waals surface area contributed by atoms with Crippen molar-refractivity contribution in [1.82, 2.24) is 4.98 Å². The molecule has 1 unspecified atom stereocenters. The Morgan fingerprint density at radius 3 is 2.94 bits per heavy atom. The van der Waals surface area contributed by atoms with E-state index in [0.29, 0.717) is 0 Å². The molecule has 90 valence electrons. The second kappa shape index (κ2) is 4.69. The average Bonchev–Trinajstić information content (AvgIpc) is 2.36. The largest absolute Gasteiger partial charge is 0.491 e. The molecule has 0 radical (unpaired) electrons. The van der Waals surface area contributed by atoms with Crippen LogP contribution in [0.1, 0.15) is 6.92 Å². The van der Waals surface area contributed by atoms with Crippen LogP contribution in [0.4, 0.5) is 0 Å². The Balaban J connectivity index is 2.24. The highest BCUT2D eigenvalue weighted by atomic mass is 16.5. The van der Waals surface area contributed by atoms with E-state index in [1.165, 1.54) is 0 Å². The molecule has 1 atom stereocenters. The van der Waals surface area contributed by atoms with Gasteiger partial charge >= 0.3 is 0 Å². The van der Waals surface area contributed by atoms with E-state index in [0.717, 1.165) is 16.7 Å². The fourth-order valence-corrected chi connectivity index (χ4v) is 1.49. The van der Waals surface area contributed by atoms with Gasteiger partial charge in [-0.25, -0.2) is 0 Å². The zero-order chi connectivity index (χ0) is 12.3. The third kappa shape index (κ3) is 2.72. The number of benzene rings is 1. The van der Waals surface area contributed by atoms with Crippen molar-refractivity contribution >= 4 is 10.9 Å². The number of fused-ring (bicyclic) bond motifs is 1. The van der Waals surface area contributed by atoms with Crippen LogP contribution in [-0.4, -0.2) is 28.8 Å². The number of nitrogens with zero attached hydrogens (tertiary/aromatic N) is 1. The number of aliphatic hydroxyl groups excluding tert-OH is 1. The third-order valence-electron chi connectivity index (χ3n) is 2.52. The molecule has 0 aliphatic heterocycles. The summed E-state index contributed by atoms with van der Waals surface area (Å²) < 4.78 is 5.65. The van der Waals surface area contributed by atoms with Crippen molar-refractivity contribution in [2.75, 3.05) is 13.2 Å². The molecule has 4 heteroatoms. The lowest BCUT2D eigenvalue weighted by Crippen LogP contribution is -2.45. The SMILES string of the molecule is CC(N)(CO)COc1cccc2ncccc12. The summed E-state index contributed by atoms with van der Waals surface area (Å²) in [5.41, 5.74) is 5.97. The molecule has 0 aliphatic rings. The van der Waals surface area contributed by atoms with Crippen LogP contribution in [0.5, 0.6) is 5.75 Å². The van der Waals surface area contributed by atoms with E-state index < -0.39 is 5.54 Å². The van der Waals surface area contributed by atoms with Gasteiger partial charge in [-0.05, 0) is 31.2 Å². The highest BCUT2D eigenvalue weighted by Gasteiger charge is 2.18. The van der Waals surface area contributed by atoms with Gasteiger partial charge < -0.3 is 15.6 Å². The molecule has 0 spiro atoms. The van der Waals surface area contributed by atoms with Gasteiger partial charge in [0.15, 0.2) is 0 Å². The standard InChI is InChI=1S/C13H16N2O2/c1-13(14,8-16)9-17-12-6-2-5-11-10(12)4-3-7-15-11/h2-7,16H,8-9,14H2,1H3. The molecule has 0 amide bonds. The van der Waals surface area contributed by atoms with Gasteiger partial charge in [-0.3, -0.25) is 4.98 Å². The summed E-state index contributed by atoms with van der Waals surface area (Å²) in [6.07, 6.45) is 1.74. The van der Waals surface area contributed by atoms with Crippen molar-refractivity contribution in [2.45, 2.75) is 12.5 Å². The Hall–Kier alpha value is -1.65. The van der Waals surface area contributed by atoms with E-state index in [1.807, 2.05) is 30.3 Å². The predicted octanol–water partition coefficient (Wildman–Crippen LogP) is 1.32. The minimum absolute atomic E-state index is 0.115. The summed E-state index contributed by atoms with van der Waals surface area (Å²) in [5, 5.41) is 10.0. The van der Waals surface area contributed by atoms with Gasteiger partial charge in [0.1, 0.15) is 12.4 Å². The van der Waals surface area contributed by atoms with Crippen LogP contribution in [0.25, 0.3) is 10.9 Å². The van der Waals surface area contributed by atoms with Gasteiger partial charge in [0.25, 0.3) is 0 Å². The van der Waals surface area contributed by atoms with Crippen molar-refractivity contribution in [3.63, 3.8) is 0 Å². The van der Waals surface area contributed by atoms with Gasteiger partial charge in [-0.1, -0.05) is 6.07 Å². The molecule has 0 saturated heterocycles. The molecule has 1 heterocycles. The Morgan fingerprint density at radius 2 is 2.18 bits per heavy atom. The quantitative estimate of drug-likeness (QED) is 0.834. The molecule has 1 aromatic heterocycles. The first kappa shape index (κ1) is 11.8. The Bertz CT molecular complexity index is 506. The molecule has 2 aromatic rings. The number of hydrogen-bond donors (Lipinski definition) is 2. The molecular weight excluding hydrogens is 216 g/mol. The smallest absolute Gasteiger partial charge is 0.128 e. The molecule has 0 aliphatic carbocycles. The van der Waals surface area contributed by atoms with Gasteiger partial charge in [-0.2, -0.15) is 0 Å². The van der Waals surface area contributed by atoms with Crippen LogP contribution < -0.4 is 10.5 Å². The maximum atomic E-state index is 9.07. The summed E-state index contributed by atoms with van der Waals surface area (Å²) >= 11 is 0. The molecular formula is C13H16N2O2. The Labute approximate surface area is 100 Å².